The Labute approximate surface area is 454 Å². The Kier molecular flexibility index (Phi) is 9.38. The standard InChI is InChI=1S/C73H46N6/c1-2-21-48-44-46(18-1)19-13-30-52(48)62-32-16-38-68(74-62)78-66-36-11-7-28-56(66)60-42-40-58-54-26-5-9-34-64(54)76(70(58)72(60)78)49-23-15-24-50(45-49)77-65-35-10-6-27-55(65)59-41-43-61-57-29-8-12-37-67(57)79(73(61)71(59)77)69-39-17-33-63(75-69)53-31-14-22-47-20-3-4-25-51(47)53/h1-43,45H,44H2. The van der Waals surface area contributed by atoms with Crippen LogP contribution in [0.1, 0.15) is 12.1 Å². The number of fused-ring (bicyclic) bond motifs is 17. The third-order valence-corrected chi connectivity index (χ3v) is 16.6. The maximum atomic E-state index is 5.59. The van der Waals surface area contributed by atoms with Crippen LogP contribution in [0, 0.1) is 0 Å². The van der Waals surface area contributed by atoms with Gasteiger partial charge in [0.15, 0.2) is 0 Å². The number of hydrogen-bond donors (Lipinski definition) is 0. The highest BCUT2D eigenvalue weighted by atomic mass is 15.1. The average molecular weight is 1010 g/mol. The van der Waals surface area contributed by atoms with Gasteiger partial charge >= 0.3 is 0 Å². The van der Waals surface area contributed by atoms with Crippen molar-refractivity contribution in [3.05, 3.63) is 284 Å². The molecule has 0 spiro atoms. The first-order valence-electron chi connectivity index (χ1n) is 27.1. The van der Waals surface area contributed by atoms with Gasteiger partial charge in [0.25, 0.3) is 0 Å². The third-order valence-electron chi connectivity index (χ3n) is 16.6. The summed E-state index contributed by atoms with van der Waals surface area (Å²) >= 11 is 0. The number of benzene rings is 9. The third kappa shape index (κ3) is 6.46. The van der Waals surface area contributed by atoms with Crippen LogP contribution in [0.25, 0.3) is 138 Å². The lowest BCUT2D eigenvalue weighted by Crippen LogP contribution is -2.03. The summed E-state index contributed by atoms with van der Waals surface area (Å²) in [5.74, 6) is 1.74. The van der Waals surface area contributed by atoms with E-state index in [9.17, 15) is 0 Å². The fraction of sp³-hybridized carbons (Fsp3) is 0.0137. The quantitative estimate of drug-likeness (QED) is 0.167. The molecule has 0 saturated carbocycles. The van der Waals surface area contributed by atoms with Gasteiger partial charge in [-0.2, -0.15) is 0 Å². The second-order valence-electron chi connectivity index (χ2n) is 20.9. The normalized spacial score (nSPS) is 13.6. The molecule has 9 aromatic carbocycles. The van der Waals surface area contributed by atoms with Crippen molar-refractivity contribution in [2.45, 2.75) is 6.42 Å². The van der Waals surface area contributed by atoms with Gasteiger partial charge in [-0.05, 0) is 95.1 Å². The average Bonchev–Trinajstić information content (AvgIpc) is 3.62. The summed E-state index contributed by atoms with van der Waals surface area (Å²) in [6.07, 6.45) is 16.2. The number of allylic oxidation sites excluding steroid dienone is 10. The Morgan fingerprint density at radius 1 is 0.316 bits per heavy atom. The number of hydrogen-bond acceptors (Lipinski definition) is 2. The van der Waals surface area contributed by atoms with Gasteiger partial charge < -0.3 is 9.13 Å². The molecule has 79 heavy (non-hydrogen) atoms. The molecule has 15 aromatic rings. The molecule has 368 valence electrons. The molecule has 0 atom stereocenters. The van der Waals surface area contributed by atoms with Crippen LogP contribution < -0.4 is 0 Å². The molecule has 17 rings (SSSR count). The molecule has 6 heteroatoms. The van der Waals surface area contributed by atoms with E-state index < -0.39 is 0 Å². The molecular formula is C73H46N6. The van der Waals surface area contributed by atoms with Crippen molar-refractivity contribution in [1.29, 1.82) is 0 Å². The minimum absolute atomic E-state index is 0.858. The molecule has 0 N–H and O–H groups in total. The first-order chi connectivity index (χ1) is 39.2. The first-order valence-corrected chi connectivity index (χ1v) is 27.1. The predicted octanol–water partition coefficient (Wildman–Crippen LogP) is 18.5. The molecule has 2 bridgehead atoms. The lowest BCUT2D eigenvalue weighted by Gasteiger charge is -2.16. The maximum absolute atomic E-state index is 5.59. The topological polar surface area (TPSA) is 45.5 Å². The Balaban J connectivity index is 0.925. The van der Waals surface area contributed by atoms with Gasteiger partial charge in [-0.1, -0.05) is 200 Å². The second kappa shape index (κ2) is 17.0. The molecule has 0 fully saturated rings. The number of rotatable bonds is 6. The fourth-order valence-electron chi connectivity index (χ4n) is 13.2. The molecule has 6 heterocycles. The van der Waals surface area contributed by atoms with Gasteiger partial charge in [0.2, 0.25) is 0 Å². The number of aromatic nitrogens is 6. The number of pyridine rings is 2. The zero-order valence-corrected chi connectivity index (χ0v) is 42.8. The van der Waals surface area contributed by atoms with Gasteiger partial charge in [0, 0.05) is 65.6 Å². The van der Waals surface area contributed by atoms with Crippen LogP contribution in [-0.2, 0) is 0 Å². The summed E-state index contributed by atoms with van der Waals surface area (Å²) < 4.78 is 9.79. The summed E-state index contributed by atoms with van der Waals surface area (Å²) in [6.45, 7) is 0. The van der Waals surface area contributed by atoms with Crippen molar-refractivity contribution >= 4 is 104 Å². The van der Waals surface area contributed by atoms with E-state index in [0.29, 0.717) is 0 Å². The highest BCUT2D eigenvalue weighted by Crippen LogP contribution is 2.45. The Morgan fingerprint density at radius 2 is 0.759 bits per heavy atom. The molecule has 0 unspecified atom stereocenters. The Bertz CT molecular complexity index is 5290. The van der Waals surface area contributed by atoms with Crippen LogP contribution in [0.15, 0.2) is 278 Å². The molecule has 0 saturated heterocycles. The van der Waals surface area contributed by atoms with E-state index in [2.05, 4.69) is 285 Å². The van der Waals surface area contributed by atoms with Gasteiger partial charge in [0.1, 0.15) is 11.6 Å². The van der Waals surface area contributed by atoms with Crippen LogP contribution in [0.3, 0.4) is 0 Å². The summed E-state index contributed by atoms with van der Waals surface area (Å²) in [4.78, 5) is 11.1. The summed E-state index contributed by atoms with van der Waals surface area (Å²) in [6, 6.07) is 81.7. The lowest BCUT2D eigenvalue weighted by molar-refractivity contribution is 1.06. The lowest BCUT2D eigenvalue weighted by atomic mass is 10.00. The van der Waals surface area contributed by atoms with Crippen molar-refractivity contribution in [3.8, 4) is 34.3 Å². The van der Waals surface area contributed by atoms with Gasteiger partial charge in [-0.3, -0.25) is 9.13 Å². The van der Waals surface area contributed by atoms with Crippen LogP contribution in [0.5, 0.6) is 0 Å². The Morgan fingerprint density at radius 3 is 1.34 bits per heavy atom. The highest BCUT2D eigenvalue weighted by Gasteiger charge is 2.25. The fourth-order valence-corrected chi connectivity index (χ4v) is 13.2. The Hall–Kier alpha value is -10.6. The largest absolute Gasteiger partial charge is 0.307 e. The first kappa shape index (κ1) is 43.7. The van der Waals surface area contributed by atoms with E-state index in [1.165, 1.54) is 65.0 Å². The van der Waals surface area contributed by atoms with Crippen molar-refractivity contribution in [2.24, 2.45) is 0 Å². The second-order valence-corrected chi connectivity index (χ2v) is 20.9. The summed E-state index contributed by atoms with van der Waals surface area (Å²) in [7, 11) is 0. The van der Waals surface area contributed by atoms with Crippen molar-refractivity contribution in [3.63, 3.8) is 0 Å². The maximum Gasteiger partial charge on any atom is 0.138 e. The van der Waals surface area contributed by atoms with Gasteiger partial charge in [-0.15, -0.1) is 0 Å². The monoisotopic (exact) mass is 1010 g/mol. The zero-order valence-electron chi connectivity index (χ0n) is 42.8. The zero-order chi connectivity index (χ0) is 51.7. The summed E-state index contributed by atoms with van der Waals surface area (Å²) in [5, 5.41) is 11.8. The molecule has 2 aliphatic rings. The van der Waals surface area contributed by atoms with Crippen LogP contribution in [-0.4, -0.2) is 28.2 Å². The van der Waals surface area contributed by atoms with Gasteiger partial charge in [0.05, 0.1) is 55.5 Å². The van der Waals surface area contributed by atoms with E-state index in [1.807, 2.05) is 0 Å². The minimum atomic E-state index is 0.858. The van der Waals surface area contributed by atoms with Crippen molar-refractivity contribution in [1.82, 2.24) is 28.2 Å². The molecule has 0 radical (unpaired) electrons. The van der Waals surface area contributed by atoms with E-state index in [-0.39, 0.29) is 0 Å². The molecule has 0 amide bonds. The summed E-state index contributed by atoms with van der Waals surface area (Å²) in [5.41, 5.74) is 17.8. The molecule has 0 aliphatic heterocycles. The molecule has 6 aromatic heterocycles. The van der Waals surface area contributed by atoms with E-state index in [0.717, 1.165) is 96.1 Å². The van der Waals surface area contributed by atoms with E-state index >= 15 is 0 Å². The number of nitrogens with zero attached hydrogens (tertiary/aromatic N) is 6. The molecular weight excluding hydrogens is 961 g/mol. The molecule has 6 nitrogen and oxygen atoms in total. The smallest absolute Gasteiger partial charge is 0.138 e. The van der Waals surface area contributed by atoms with Crippen LogP contribution in [0.2, 0.25) is 0 Å². The van der Waals surface area contributed by atoms with E-state index in [1.54, 1.807) is 0 Å². The highest BCUT2D eigenvalue weighted by molar-refractivity contribution is 6.25. The minimum Gasteiger partial charge on any atom is -0.307 e. The van der Waals surface area contributed by atoms with Gasteiger partial charge in [-0.25, -0.2) is 9.97 Å². The molecule has 2 aliphatic carbocycles. The van der Waals surface area contributed by atoms with Crippen LogP contribution in [0.4, 0.5) is 0 Å². The van der Waals surface area contributed by atoms with Crippen molar-refractivity contribution < 1.29 is 0 Å². The number of para-hydroxylation sites is 4. The predicted molar refractivity (Wildman–Crippen MR) is 329 cm³/mol. The van der Waals surface area contributed by atoms with Crippen LogP contribution >= 0.6 is 0 Å². The van der Waals surface area contributed by atoms with Crippen molar-refractivity contribution in [2.75, 3.05) is 0 Å². The van der Waals surface area contributed by atoms with E-state index in [4.69, 9.17) is 9.97 Å². The SMILES string of the molecule is C1=CC2=CC=CC(c3cccc(-n4c5ccccc5c5ccc6c7ccccc7n(-c7cccc(-n8c9ccccc9c9ccc%10c%11ccccc%11n(-c%11cccc(-c%12cccc%13ccccc%12%13)n%11)c%10c98)c7)c6c54)n3)=C(C=C1)C2.